The van der Waals surface area contributed by atoms with Crippen LogP contribution in [0.4, 0.5) is 4.39 Å². The van der Waals surface area contributed by atoms with Crippen LogP contribution in [0.2, 0.25) is 0 Å². The second-order valence-electron chi connectivity index (χ2n) is 4.82. The lowest BCUT2D eigenvalue weighted by atomic mass is 10.0. The molecule has 1 aliphatic rings. The first-order valence-electron chi connectivity index (χ1n) is 6.48. The third-order valence-corrected chi connectivity index (χ3v) is 4.56. The van der Waals surface area contributed by atoms with E-state index < -0.39 is 12.0 Å². The van der Waals surface area contributed by atoms with Gasteiger partial charge < -0.3 is 10.1 Å². The van der Waals surface area contributed by atoms with Crippen molar-refractivity contribution in [1.82, 2.24) is 9.88 Å². The molecule has 20 heavy (non-hydrogen) atoms. The van der Waals surface area contributed by atoms with E-state index in [-0.39, 0.29) is 5.82 Å². The fourth-order valence-electron chi connectivity index (χ4n) is 2.67. The van der Waals surface area contributed by atoms with Crippen molar-refractivity contribution in [3.05, 3.63) is 35.8 Å². The summed E-state index contributed by atoms with van der Waals surface area (Å²) in [5, 5.41) is 10.3. The van der Waals surface area contributed by atoms with Crippen molar-refractivity contribution < 1.29 is 14.3 Å². The summed E-state index contributed by atoms with van der Waals surface area (Å²) in [6.07, 6.45) is 1.69. The number of benzene rings is 1. The van der Waals surface area contributed by atoms with E-state index in [9.17, 15) is 14.3 Å². The molecule has 1 aromatic carbocycles. The monoisotopic (exact) mass is 294 g/mol. The second-order valence-corrected chi connectivity index (χ2v) is 6.05. The molecule has 2 aromatic rings. The number of carboxylic acid groups (broad SMARTS) is 1. The minimum absolute atomic E-state index is 0.327. The minimum Gasteiger partial charge on any atom is -0.480 e. The fourth-order valence-corrected chi connectivity index (χ4v) is 3.60. The van der Waals surface area contributed by atoms with Gasteiger partial charge in [-0.05, 0) is 18.2 Å². The van der Waals surface area contributed by atoms with Crippen molar-refractivity contribution in [3.63, 3.8) is 0 Å². The largest absolute Gasteiger partial charge is 0.480 e. The summed E-state index contributed by atoms with van der Waals surface area (Å²) in [6, 6.07) is 3.73. The molecule has 2 heterocycles. The van der Waals surface area contributed by atoms with Crippen LogP contribution in [0.25, 0.3) is 10.9 Å². The molecule has 1 fully saturated rings. The molecule has 106 valence electrons. The molecule has 1 aromatic heterocycles. The van der Waals surface area contributed by atoms with Gasteiger partial charge in [0.15, 0.2) is 0 Å². The number of rotatable bonds is 3. The first kappa shape index (κ1) is 13.5. The molecular weight excluding hydrogens is 279 g/mol. The summed E-state index contributed by atoms with van der Waals surface area (Å²) in [7, 11) is 0. The number of aromatic amines is 1. The summed E-state index contributed by atoms with van der Waals surface area (Å²) < 4.78 is 13.2. The van der Waals surface area contributed by atoms with Gasteiger partial charge in [0.25, 0.3) is 0 Å². The van der Waals surface area contributed by atoms with Crippen molar-refractivity contribution in [2.45, 2.75) is 6.04 Å². The average Bonchev–Trinajstić information content (AvgIpc) is 2.83. The highest BCUT2D eigenvalue weighted by Crippen LogP contribution is 2.30. The van der Waals surface area contributed by atoms with Crippen LogP contribution in [0, 0.1) is 5.82 Å². The van der Waals surface area contributed by atoms with Gasteiger partial charge in [-0.1, -0.05) is 0 Å². The highest BCUT2D eigenvalue weighted by atomic mass is 32.2. The Balaban J connectivity index is 2.02. The van der Waals surface area contributed by atoms with Crippen LogP contribution >= 0.6 is 11.8 Å². The zero-order valence-electron chi connectivity index (χ0n) is 10.8. The summed E-state index contributed by atoms with van der Waals surface area (Å²) in [5.74, 6) is 0.705. The number of hydrogen-bond acceptors (Lipinski definition) is 3. The summed E-state index contributed by atoms with van der Waals surface area (Å²) in [6.45, 7) is 1.52. The van der Waals surface area contributed by atoms with E-state index >= 15 is 0 Å². The lowest BCUT2D eigenvalue weighted by molar-refractivity contribution is -0.143. The molecule has 3 rings (SSSR count). The number of halogens is 1. The predicted octanol–water partition coefficient (Wildman–Crippen LogP) is 2.48. The number of nitrogens with one attached hydrogen (secondary N) is 1. The van der Waals surface area contributed by atoms with E-state index in [0.29, 0.717) is 11.1 Å². The van der Waals surface area contributed by atoms with Crippen LogP contribution < -0.4 is 0 Å². The maximum atomic E-state index is 13.2. The number of thioether (sulfide) groups is 1. The van der Waals surface area contributed by atoms with Crippen LogP contribution in [0.5, 0.6) is 0 Å². The number of nitrogens with zero attached hydrogens (tertiary/aromatic N) is 1. The van der Waals surface area contributed by atoms with E-state index in [2.05, 4.69) is 4.98 Å². The van der Waals surface area contributed by atoms with Gasteiger partial charge in [-0.25, -0.2) is 4.39 Å². The molecule has 1 aliphatic heterocycles. The van der Waals surface area contributed by atoms with Crippen molar-refractivity contribution in [1.29, 1.82) is 0 Å². The Bertz CT molecular complexity index is 637. The second kappa shape index (κ2) is 5.46. The normalized spacial score (nSPS) is 18.2. The average molecular weight is 294 g/mol. The number of aliphatic carboxylic acids is 1. The lowest BCUT2D eigenvalue weighted by Gasteiger charge is -2.31. The Morgan fingerprint density at radius 3 is 2.85 bits per heavy atom. The maximum Gasteiger partial charge on any atom is 0.325 e. The van der Waals surface area contributed by atoms with Crippen LogP contribution in [0.15, 0.2) is 24.4 Å². The zero-order chi connectivity index (χ0) is 14.1. The van der Waals surface area contributed by atoms with Gasteiger partial charge >= 0.3 is 5.97 Å². The molecular formula is C14H15FN2O2S. The predicted molar refractivity (Wildman–Crippen MR) is 77.5 cm³/mol. The fraction of sp³-hybridized carbons (Fsp3) is 0.357. The van der Waals surface area contributed by atoms with E-state index in [0.717, 1.165) is 30.0 Å². The SMILES string of the molecule is O=C(O)C(c1c[nH]c2cc(F)ccc12)N1CCSCC1. The molecule has 4 nitrogen and oxygen atoms in total. The van der Waals surface area contributed by atoms with Gasteiger partial charge in [0.1, 0.15) is 11.9 Å². The minimum atomic E-state index is -0.859. The Morgan fingerprint density at radius 1 is 1.40 bits per heavy atom. The van der Waals surface area contributed by atoms with E-state index in [1.165, 1.54) is 12.1 Å². The van der Waals surface area contributed by atoms with Gasteiger partial charge in [0.2, 0.25) is 0 Å². The van der Waals surface area contributed by atoms with Crippen LogP contribution in [-0.4, -0.2) is 45.6 Å². The first-order chi connectivity index (χ1) is 9.66. The van der Waals surface area contributed by atoms with E-state index in [1.54, 1.807) is 12.3 Å². The van der Waals surface area contributed by atoms with Crippen molar-refractivity contribution in [2.24, 2.45) is 0 Å². The lowest BCUT2D eigenvalue weighted by Crippen LogP contribution is -2.39. The number of aromatic nitrogens is 1. The maximum absolute atomic E-state index is 13.2. The molecule has 6 heteroatoms. The molecule has 2 N–H and O–H groups in total. The summed E-state index contributed by atoms with van der Waals surface area (Å²) in [5.41, 5.74) is 1.34. The van der Waals surface area contributed by atoms with Gasteiger partial charge in [-0.15, -0.1) is 0 Å². The molecule has 0 bridgehead atoms. The van der Waals surface area contributed by atoms with Gasteiger partial charge in [-0.3, -0.25) is 9.69 Å². The van der Waals surface area contributed by atoms with Gasteiger partial charge in [0.05, 0.1) is 0 Å². The third kappa shape index (κ3) is 2.41. The van der Waals surface area contributed by atoms with E-state index in [1.807, 2.05) is 16.7 Å². The standard InChI is InChI=1S/C14H15FN2O2S/c15-9-1-2-10-11(8-16-12(10)7-9)13(14(18)19)17-3-5-20-6-4-17/h1-2,7-8,13,16H,3-6H2,(H,18,19). The van der Waals surface area contributed by atoms with Gasteiger partial charge in [0, 0.05) is 47.3 Å². The number of fused-ring (bicyclic) bond motifs is 1. The van der Waals surface area contributed by atoms with Crippen LogP contribution in [-0.2, 0) is 4.79 Å². The molecule has 1 atom stereocenters. The molecule has 0 amide bonds. The quantitative estimate of drug-likeness (QED) is 0.913. The topological polar surface area (TPSA) is 56.3 Å². The summed E-state index contributed by atoms with van der Waals surface area (Å²) >= 11 is 1.84. The zero-order valence-corrected chi connectivity index (χ0v) is 11.6. The molecule has 1 unspecified atom stereocenters. The molecule has 0 spiro atoms. The Hall–Kier alpha value is -1.53. The molecule has 0 saturated carbocycles. The number of carbonyl (C=O) groups is 1. The smallest absolute Gasteiger partial charge is 0.325 e. The highest BCUT2D eigenvalue weighted by molar-refractivity contribution is 7.99. The van der Waals surface area contributed by atoms with Gasteiger partial charge in [-0.2, -0.15) is 11.8 Å². The van der Waals surface area contributed by atoms with Crippen LogP contribution in [0.1, 0.15) is 11.6 Å². The van der Waals surface area contributed by atoms with E-state index in [4.69, 9.17) is 0 Å². The van der Waals surface area contributed by atoms with Crippen LogP contribution in [0.3, 0.4) is 0 Å². The molecule has 0 radical (unpaired) electrons. The Morgan fingerprint density at radius 2 is 2.15 bits per heavy atom. The Labute approximate surface area is 120 Å². The number of hydrogen-bond donors (Lipinski definition) is 2. The van der Waals surface area contributed by atoms with Crippen molar-refractivity contribution in [2.75, 3.05) is 24.6 Å². The van der Waals surface area contributed by atoms with Crippen molar-refractivity contribution in [3.8, 4) is 0 Å². The third-order valence-electron chi connectivity index (χ3n) is 3.62. The summed E-state index contributed by atoms with van der Waals surface area (Å²) in [4.78, 5) is 16.6. The first-order valence-corrected chi connectivity index (χ1v) is 7.63. The number of H-pyrrole nitrogens is 1. The highest BCUT2D eigenvalue weighted by Gasteiger charge is 2.30. The molecule has 1 saturated heterocycles. The number of carboxylic acids is 1. The van der Waals surface area contributed by atoms with Crippen molar-refractivity contribution >= 4 is 28.6 Å². The Kier molecular flexibility index (Phi) is 3.67. The molecule has 0 aliphatic carbocycles.